The molecule has 1 unspecified atom stereocenters. The zero-order valence-corrected chi connectivity index (χ0v) is 11.7. The van der Waals surface area contributed by atoms with Gasteiger partial charge in [-0.2, -0.15) is 11.8 Å². The standard InChI is InChI=1S/C12H16BrFOS/c1-2-5-16-8-11(15)7-9-6-10(13)3-4-12(9)14/h3-4,6,11,15H,2,5,7-8H2,1H3. The van der Waals surface area contributed by atoms with Crippen LogP contribution >= 0.6 is 27.7 Å². The first-order valence-electron chi connectivity index (χ1n) is 5.33. The molecule has 0 aliphatic rings. The molecule has 0 amide bonds. The van der Waals surface area contributed by atoms with Crippen LogP contribution in [0.25, 0.3) is 0 Å². The molecular weight excluding hydrogens is 291 g/mol. The number of hydrogen-bond donors (Lipinski definition) is 1. The minimum absolute atomic E-state index is 0.247. The van der Waals surface area contributed by atoms with Gasteiger partial charge in [0.2, 0.25) is 0 Å². The summed E-state index contributed by atoms with van der Waals surface area (Å²) in [6.07, 6.45) is 1.00. The van der Waals surface area contributed by atoms with Gasteiger partial charge in [-0.3, -0.25) is 0 Å². The van der Waals surface area contributed by atoms with Gasteiger partial charge in [-0.15, -0.1) is 0 Å². The van der Waals surface area contributed by atoms with Crippen molar-refractivity contribution in [1.29, 1.82) is 0 Å². The normalized spacial score (nSPS) is 12.8. The second kappa shape index (κ2) is 7.30. The molecule has 4 heteroatoms. The summed E-state index contributed by atoms with van der Waals surface area (Å²) in [5, 5.41) is 9.74. The molecule has 0 saturated heterocycles. The van der Waals surface area contributed by atoms with Crippen LogP contribution in [-0.2, 0) is 6.42 Å². The van der Waals surface area contributed by atoms with E-state index in [1.807, 2.05) is 0 Å². The summed E-state index contributed by atoms with van der Waals surface area (Å²) in [4.78, 5) is 0. The highest BCUT2D eigenvalue weighted by Gasteiger charge is 2.09. The number of benzene rings is 1. The van der Waals surface area contributed by atoms with Crippen LogP contribution in [0.3, 0.4) is 0 Å². The van der Waals surface area contributed by atoms with E-state index in [0.29, 0.717) is 17.7 Å². The molecule has 0 aromatic heterocycles. The molecule has 1 aromatic carbocycles. The van der Waals surface area contributed by atoms with Crippen molar-refractivity contribution in [3.63, 3.8) is 0 Å². The van der Waals surface area contributed by atoms with Crippen molar-refractivity contribution < 1.29 is 9.50 Å². The minimum Gasteiger partial charge on any atom is -0.392 e. The molecule has 1 nitrogen and oxygen atoms in total. The van der Waals surface area contributed by atoms with Gasteiger partial charge in [0.15, 0.2) is 0 Å². The van der Waals surface area contributed by atoms with Gasteiger partial charge in [0, 0.05) is 16.6 Å². The fraction of sp³-hybridized carbons (Fsp3) is 0.500. The molecule has 0 saturated carbocycles. The second-order valence-corrected chi connectivity index (χ2v) is 5.73. The van der Waals surface area contributed by atoms with E-state index >= 15 is 0 Å². The fourth-order valence-corrected chi connectivity index (χ4v) is 2.63. The molecule has 1 rings (SSSR count). The smallest absolute Gasteiger partial charge is 0.126 e. The highest BCUT2D eigenvalue weighted by Crippen LogP contribution is 2.18. The van der Waals surface area contributed by atoms with E-state index in [-0.39, 0.29) is 5.82 Å². The highest BCUT2D eigenvalue weighted by atomic mass is 79.9. The van der Waals surface area contributed by atoms with Crippen molar-refractivity contribution in [2.45, 2.75) is 25.9 Å². The molecule has 0 radical (unpaired) electrons. The fourth-order valence-electron chi connectivity index (χ4n) is 1.38. The number of rotatable bonds is 6. The van der Waals surface area contributed by atoms with E-state index in [9.17, 15) is 9.50 Å². The summed E-state index contributed by atoms with van der Waals surface area (Å²) < 4.78 is 14.2. The van der Waals surface area contributed by atoms with E-state index in [1.54, 1.807) is 23.9 Å². The number of aliphatic hydroxyl groups excluding tert-OH is 1. The third-order valence-electron chi connectivity index (χ3n) is 2.12. The Balaban J connectivity index is 2.48. The summed E-state index contributed by atoms with van der Waals surface area (Å²) in [5.74, 6) is 1.46. The lowest BCUT2D eigenvalue weighted by Gasteiger charge is -2.11. The minimum atomic E-state index is -0.472. The van der Waals surface area contributed by atoms with Crippen LogP contribution in [0.5, 0.6) is 0 Å². The van der Waals surface area contributed by atoms with Crippen LogP contribution < -0.4 is 0 Å². The SMILES string of the molecule is CCCSCC(O)Cc1cc(Br)ccc1F. The quantitative estimate of drug-likeness (QED) is 0.810. The molecule has 1 N–H and O–H groups in total. The van der Waals surface area contributed by atoms with Crippen molar-refractivity contribution in [3.05, 3.63) is 34.1 Å². The first-order valence-corrected chi connectivity index (χ1v) is 7.28. The average molecular weight is 307 g/mol. The van der Waals surface area contributed by atoms with Gasteiger partial charge >= 0.3 is 0 Å². The first-order chi connectivity index (χ1) is 7.63. The van der Waals surface area contributed by atoms with Crippen molar-refractivity contribution >= 4 is 27.7 Å². The van der Waals surface area contributed by atoms with Crippen LogP contribution in [-0.4, -0.2) is 22.7 Å². The average Bonchev–Trinajstić information content (AvgIpc) is 2.24. The van der Waals surface area contributed by atoms with E-state index in [4.69, 9.17) is 0 Å². The Morgan fingerprint density at radius 3 is 2.94 bits per heavy atom. The molecule has 16 heavy (non-hydrogen) atoms. The lowest BCUT2D eigenvalue weighted by molar-refractivity contribution is 0.198. The van der Waals surface area contributed by atoms with Gasteiger partial charge in [-0.25, -0.2) is 4.39 Å². The van der Waals surface area contributed by atoms with Crippen molar-refractivity contribution in [1.82, 2.24) is 0 Å². The maximum atomic E-state index is 13.4. The van der Waals surface area contributed by atoms with Gasteiger partial charge in [-0.05, 0) is 35.9 Å². The molecule has 90 valence electrons. The van der Waals surface area contributed by atoms with E-state index in [0.717, 1.165) is 16.6 Å². The lowest BCUT2D eigenvalue weighted by atomic mass is 10.1. The zero-order valence-electron chi connectivity index (χ0n) is 9.25. The summed E-state index contributed by atoms with van der Waals surface area (Å²) in [7, 11) is 0. The van der Waals surface area contributed by atoms with Crippen molar-refractivity contribution in [2.75, 3.05) is 11.5 Å². The maximum Gasteiger partial charge on any atom is 0.126 e. The number of hydrogen-bond acceptors (Lipinski definition) is 2. The predicted molar refractivity (Wildman–Crippen MR) is 71.4 cm³/mol. The van der Waals surface area contributed by atoms with Gasteiger partial charge in [0.1, 0.15) is 5.82 Å². The molecule has 0 heterocycles. The number of thioether (sulfide) groups is 1. The number of halogens is 2. The van der Waals surface area contributed by atoms with Crippen LogP contribution in [0.15, 0.2) is 22.7 Å². The van der Waals surface area contributed by atoms with Crippen LogP contribution in [0.2, 0.25) is 0 Å². The summed E-state index contributed by atoms with van der Waals surface area (Å²) in [5.41, 5.74) is 0.568. The highest BCUT2D eigenvalue weighted by molar-refractivity contribution is 9.10. The maximum absolute atomic E-state index is 13.4. The largest absolute Gasteiger partial charge is 0.392 e. The Hall–Kier alpha value is -0.0600. The van der Waals surface area contributed by atoms with E-state index in [2.05, 4.69) is 22.9 Å². The van der Waals surface area contributed by atoms with Crippen LogP contribution in [0, 0.1) is 5.82 Å². The van der Waals surface area contributed by atoms with Gasteiger partial charge in [0.05, 0.1) is 6.10 Å². The molecular formula is C12H16BrFOS. The molecule has 1 atom stereocenters. The third kappa shape index (κ3) is 4.85. The lowest BCUT2D eigenvalue weighted by Crippen LogP contribution is -2.14. The molecule has 0 bridgehead atoms. The third-order valence-corrected chi connectivity index (χ3v) is 3.93. The second-order valence-electron chi connectivity index (χ2n) is 3.67. The Kier molecular flexibility index (Phi) is 6.39. The summed E-state index contributed by atoms with van der Waals surface area (Å²) in [6, 6.07) is 4.81. The van der Waals surface area contributed by atoms with Crippen LogP contribution in [0.1, 0.15) is 18.9 Å². The summed E-state index contributed by atoms with van der Waals surface area (Å²) >= 11 is 5.00. The Morgan fingerprint density at radius 2 is 2.25 bits per heavy atom. The van der Waals surface area contributed by atoms with Crippen molar-refractivity contribution in [2.24, 2.45) is 0 Å². The molecule has 0 aliphatic heterocycles. The Bertz CT molecular complexity index is 333. The Labute approximate surface area is 109 Å². The van der Waals surface area contributed by atoms with Gasteiger partial charge in [-0.1, -0.05) is 22.9 Å². The van der Waals surface area contributed by atoms with Crippen molar-refractivity contribution in [3.8, 4) is 0 Å². The monoisotopic (exact) mass is 306 g/mol. The van der Waals surface area contributed by atoms with E-state index in [1.165, 1.54) is 6.07 Å². The molecule has 1 aromatic rings. The summed E-state index contributed by atoms with van der Waals surface area (Å²) in [6.45, 7) is 2.10. The van der Waals surface area contributed by atoms with E-state index < -0.39 is 6.10 Å². The zero-order chi connectivity index (χ0) is 12.0. The predicted octanol–water partition coefficient (Wildman–Crippen LogP) is 3.63. The molecule has 0 spiro atoms. The molecule has 0 aliphatic carbocycles. The first kappa shape index (κ1) is 14.0. The number of aliphatic hydroxyl groups is 1. The topological polar surface area (TPSA) is 20.2 Å². The van der Waals surface area contributed by atoms with Gasteiger partial charge in [0.25, 0.3) is 0 Å². The Morgan fingerprint density at radius 1 is 1.50 bits per heavy atom. The van der Waals surface area contributed by atoms with Gasteiger partial charge < -0.3 is 5.11 Å². The van der Waals surface area contributed by atoms with Crippen LogP contribution in [0.4, 0.5) is 4.39 Å². The molecule has 0 fully saturated rings.